The quantitative estimate of drug-likeness (QED) is 0.857. The zero-order valence-corrected chi connectivity index (χ0v) is 13.5. The molecule has 2 aromatic carbocycles. The number of halogens is 1. The minimum atomic E-state index is -3.30. The fourth-order valence-corrected chi connectivity index (χ4v) is 4.39. The van der Waals surface area contributed by atoms with Gasteiger partial charge >= 0.3 is 5.97 Å². The van der Waals surface area contributed by atoms with E-state index in [4.69, 9.17) is 4.74 Å². The molecule has 2 atom stereocenters. The number of carbonyl (C=O) groups is 1. The minimum Gasteiger partial charge on any atom is -0.455 e. The number of ether oxygens (including phenoxy) is 1. The fraction of sp³-hybridized carbons (Fsp3) is 0.235. The molecule has 1 saturated heterocycles. The minimum absolute atomic E-state index is 0.108. The molecule has 0 bridgehead atoms. The van der Waals surface area contributed by atoms with Gasteiger partial charge in [-0.2, -0.15) is 0 Å². The summed E-state index contributed by atoms with van der Waals surface area (Å²) < 4.78 is 42.1. The maximum atomic E-state index is 12.9. The van der Waals surface area contributed by atoms with Crippen molar-refractivity contribution < 1.29 is 22.3 Å². The van der Waals surface area contributed by atoms with E-state index in [1.165, 1.54) is 12.1 Å². The van der Waals surface area contributed by atoms with Crippen LogP contribution in [-0.4, -0.2) is 38.0 Å². The van der Waals surface area contributed by atoms with Gasteiger partial charge in [-0.15, -0.1) is 0 Å². The first-order chi connectivity index (χ1) is 11.4. The van der Waals surface area contributed by atoms with Gasteiger partial charge in [-0.25, -0.2) is 17.6 Å². The predicted octanol–water partition coefficient (Wildman–Crippen LogP) is 2.26. The molecular formula is C17H16FNO4S. The highest BCUT2D eigenvalue weighted by atomic mass is 32.2. The monoisotopic (exact) mass is 349 g/mol. The van der Waals surface area contributed by atoms with Crippen LogP contribution in [0.3, 0.4) is 0 Å². The van der Waals surface area contributed by atoms with Gasteiger partial charge in [0.2, 0.25) is 0 Å². The number of anilines is 1. The second-order valence-electron chi connectivity index (χ2n) is 5.64. The van der Waals surface area contributed by atoms with Crippen LogP contribution in [0, 0.1) is 5.82 Å². The topological polar surface area (TPSA) is 72.5 Å². The summed E-state index contributed by atoms with van der Waals surface area (Å²) in [6.45, 7) is 0. The van der Waals surface area contributed by atoms with Gasteiger partial charge in [0.1, 0.15) is 11.9 Å². The van der Waals surface area contributed by atoms with Crippen molar-refractivity contribution in [3.63, 3.8) is 0 Å². The van der Waals surface area contributed by atoms with Gasteiger partial charge in [0, 0.05) is 5.69 Å². The van der Waals surface area contributed by atoms with Crippen LogP contribution in [0.1, 0.15) is 10.4 Å². The SMILES string of the molecule is O=C(O[C@H]1CS(=O)(=O)C[C@H]1Nc1ccccc1)c1ccc(F)cc1. The van der Waals surface area contributed by atoms with Crippen LogP contribution in [0.15, 0.2) is 54.6 Å². The van der Waals surface area contributed by atoms with E-state index in [0.717, 1.165) is 17.8 Å². The third kappa shape index (κ3) is 3.91. The lowest BCUT2D eigenvalue weighted by molar-refractivity contribution is 0.0336. The molecule has 1 aliphatic rings. The molecule has 0 aromatic heterocycles. The van der Waals surface area contributed by atoms with Gasteiger partial charge in [0.25, 0.3) is 0 Å². The molecule has 0 spiro atoms. The summed E-state index contributed by atoms with van der Waals surface area (Å²) in [7, 11) is -3.30. The number of carbonyl (C=O) groups excluding carboxylic acids is 1. The summed E-state index contributed by atoms with van der Waals surface area (Å²) >= 11 is 0. The average Bonchev–Trinajstić information content (AvgIpc) is 2.82. The average molecular weight is 349 g/mol. The van der Waals surface area contributed by atoms with Crippen LogP contribution in [0.2, 0.25) is 0 Å². The highest BCUT2D eigenvalue weighted by Gasteiger charge is 2.40. The zero-order chi connectivity index (χ0) is 17.2. The third-order valence-corrected chi connectivity index (χ3v) is 5.47. The molecule has 0 amide bonds. The summed E-state index contributed by atoms with van der Waals surface area (Å²) in [5.74, 6) is -1.47. The van der Waals surface area contributed by atoms with Crippen molar-refractivity contribution in [3.8, 4) is 0 Å². The summed E-state index contributed by atoms with van der Waals surface area (Å²) in [6, 6.07) is 13.5. The molecule has 0 saturated carbocycles. The molecule has 1 aliphatic heterocycles. The van der Waals surface area contributed by atoms with E-state index in [2.05, 4.69) is 5.32 Å². The Bertz CT molecular complexity index is 821. The van der Waals surface area contributed by atoms with E-state index in [1.54, 1.807) is 0 Å². The van der Waals surface area contributed by atoms with Crippen molar-refractivity contribution >= 4 is 21.5 Å². The number of sulfone groups is 1. The predicted molar refractivity (Wildman–Crippen MR) is 88.1 cm³/mol. The first-order valence-corrected chi connectivity index (χ1v) is 9.24. The second kappa shape index (κ2) is 6.60. The first kappa shape index (κ1) is 16.4. The van der Waals surface area contributed by atoms with Crippen molar-refractivity contribution in [2.75, 3.05) is 16.8 Å². The standard InChI is InChI=1S/C17H16FNO4S/c18-13-8-6-12(7-9-13)17(20)23-16-11-24(21,22)10-15(16)19-14-4-2-1-3-5-14/h1-9,15-16,19H,10-11H2/t15-,16+/m1/s1. The van der Waals surface area contributed by atoms with Crippen molar-refractivity contribution in [2.45, 2.75) is 12.1 Å². The molecule has 3 rings (SSSR count). The molecular weight excluding hydrogens is 333 g/mol. The Morgan fingerprint density at radius 1 is 1.04 bits per heavy atom. The Morgan fingerprint density at radius 3 is 2.38 bits per heavy atom. The number of benzene rings is 2. The number of hydrogen-bond acceptors (Lipinski definition) is 5. The number of hydrogen-bond donors (Lipinski definition) is 1. The van der Waals surface area contributed by atoms with E-state index in [0.29, 0.717) is 0 Å². The smallest absolute Gasteiger partial charge is 0.338 e. The Kier molecular flexibility index (Phi) is 4.53. The van der Waals surface area contributed by atoms with Crippen molar-refractivity contribution in [3.05, 3.63) is 66.0 Å². The lowest BCUT2D eigenvalue weighted by Gasteiger charge is -2.21. The molecule has 0 unspecified atom stereocenters. The van der Waals surface area contributed by atoms with Crippen LogP contribution in [0.5, 0.6) is 0 Å². The largest absolute Gasteiger partial charge is 0.455 e. The van der Waals surface area contributed by atoms with E-state index < -0.39 is 33.8 Å². The Morgan fingerprint density at radius 2 is 1.71 bits per heavy atom. The number of rotatable bonds is 4. The highest BCUT2D eigenvalue weighted by Crippen LogP contribution is 2.21. The Hall–Kier alpha value is -2.41. The summed E-state index contributed by atoms with van der Waals surface area (Å²) in [4.78, 5) is 12.2. The molecule has 0 aliphatic carbocycles. The van der Waals surface area contributed by atoms with Gasteiger partial charge in [0.05, 0.1) is 23.1 Å². The van der Waals surface area contributed by atoms with E-state index in [1.807, 2.05) is 30.3 Å². The number of para-hydroxylation sites is 1. The molecule has 5 nitrogen and oxygen atoms in total. The highest BCUT2D eigenvalue weighted by molar-refractivity contribution is 7.91. The van der Waals surface area contributed by atoms with E-state index in [-0.39, 0.29) is 17.1 Å². The fourth-order valence-electron chi connectivity index (χ4n) is 2.61. The van der Waals surface area contributed by atoms with Crippen LogP contribution in [-0.2, 0) is 14.6 Å². The summed E-state index contributed by atoms with van der Waals surface area (Å²) in [6.07, 6.45) is -0.798. The van der Waals surface area contributed by atoms with Crippen LogP contribution in [0.4, 0.5) is 10.1 Å². The molecule has 1 N–H and O–H groups in total. The Balaban J connectivity index is 1.74. The van der Waals surface area contributed by atoms with Gasteiger partial charge < -0.3 is 10.1 Å². The molecule has 1 heterocycles. The first-order valence-electron chi connectivity index (χ1n) is 7.41. The van der Waals surface area contributed by atoms with Gasteiger partial charge in [-0.1, -0.05) is 18.2 Å². The van der Waals surface area contributed by atoms with Gasteiger partial charge in [-0.3, -0.25) is 0 Å². The van der Waals surface area contributed by atoms with Crippen LogP contribution >= 0.6 is 0 Å². The molecule has 24 heavy (non-hydrogen) atoms. The molecule has 7 heteroatoms. The van der Waals surface area contributed by atoms with Crippen molar-refractivity contribution in [2.24, 2.45) is 0 Å². The number of nitrogens with one attached hydrogen (secondary N) is 1. The van der Waals surface area contributed by atoms with E-state index in [9.17, 15) is 17.6 Å². The Labute approximate surface area is 139 Å². The molecule has 2 aromatic rings. The number of esters is 1. The maximum Gasteiger partial charge on any atom is 0.338 e. The van der Waals surface area contributed by atoms with E-state index >= 15 is 0 Å². The lowest BCUT2D eigenvalue weighted by atomic mass is 10.2. The second-order valence-corrected chi connectivity index (χ2v) is 7.80. The summed E-state index contributed by atoms with van der Waals surface area (Å²) in [5, 5.41) is 3.10. The molecule has 0 radical (unpaired) electrons. The van der Waals surface area contributed by atoms with Crippen molar-refractivity contribution in [1.29, 1.82) is 0 Å². The van der Waals surface area contributed by atoms with Crippen LogP contribution < -0.4 is 5.32 Å². The molecule has 1 fully saturated rings. The van der Waals surface area contributed by atoms with Crippen LogP contribution in [0.25, 0.3) is 0 Å². The maximum absolute atomic E-state index is 12.9. The normalized spacial score (nSPS) is 22.0. The van der Waals surface area contributed by atoms with Crippen molar-refractivity contribution in [1.82, 2.24) is 0 Å². The van der Waals surface area contributed by atoms with Gasteiger partial charge in [-0.05, 0) is 36.4 Å². The zero-order valence-electron chi connectivity index (χ0n) is 12.7. The molecule has 126 valence electrons. The summed E-state index contributed by atoms with van der Waals surface area (Å²) in [5.41, 5.74) is 0.932. The van der Waals surface area contributed by atoms with Gasteiger partial charge in [0.15, 0.2) is 9.84 Å². The third-order valence-electron chi connectivity index (χ3n) is 3.76. The lowest BCUT2D eigenvalue weighted by Crippen LogP contribution is -2.35.